The van der Waals surface area contributed by atoms with E-state index in [0.717, 1.165) is 0 Å². The maximum atomic E-state index is 13.9. The van der Waals surface area contributed by atoms with Gasteiger partial charge in [-0.15, -0.1) is 0 Å². The fraction of sp³-hybridized carbons (Fsp3) is 0.448. The molecule has 0 heterocycles. The number of nitrogens with two attached hydrogens (primary N) is 2. The van der Waals surface area contributed by atoms with Crippen LogP contribution in [0.4, 0.5) is 4.39 Å². The average molecular weight is 595 g/mol. The van der Waals surface area contributed by atoms with Gasteiger partial charge in [-0.05, 0) is 75.1 Å². The van der Waals surface area contributed by atoms with E-state index in [2.05, 4.69) is 5.32 Å². The molecule has 2 aromatic carbocycles. The number of amides is 2. The predicted molar refractivity (Wildman–Crippen MR) is 160 cm³/mol. The molecule has 0 bridgehead atoms. The van der Waals surface area contributed by atoms with Crippen molar-refractivity contribution in [3.63, 3.8) is 0 Å². The first-order chi connectivity index (χ1) is 18.7. The van der Waals surface area contributed by atoms with Gasteiger partial charge in [0.25, 0.3) is 0 Å². The Morgan fingerprint density at radius 2 is 1.70 bits per heavy atom. The van der Waals surface area contributed by atoms with E-state index in [-0.39, 0.29) is 25.6 Å². The molecule has 0 saturated heterocycles. The van der Waals surface area contributed by atoms with Crippen LogP contribution in [0.3, 0.4) is 0 Å². The largest absolute Gasteiger partial charge is 0.374 e. The molecule has 0 aliphatic rings. The van der Waals surface area contributed by atoms with E-state index in [1.807, 2.05) is 6.92 Å². The van der Waals surface area contributed by atoms with Crippen LogP contribution < -0.4 is 16.8 Å². The van der Waals surface area contributed by atoms with Gasteiger partial charge < -0.3 is 31.0 Å². The molecule has 0 radical (unpaired) electrons. The van der Waals surface area contributed by atoms with Gasteiger partial charge in [-0.1, -0.05) is 42.8 Å². The first-order valence-electron chi connectivity index (χ1n) is 13.0. The lowest BCUT2D eigenvalue weighted by Gasteiger charge is -2.34. The molecule has 2 aromatic rings. The van der Waals surface area contributed by atoms with Crippen LogP contribution in [-0.2, 0) is 20.9 Å². The highest BCUT2D eigenvalue weighted by Gasteiger charge is 2.34. The summed E-state index contributed by atoms with van der Waals surface area (Å²) in [5.74, 6) is -1.25. The number of rotatable bonds is 14. The lowest BCUT2D eigenvalue weighted by Crippen LogP contribution is -2.59. The number of benzene rings is 2. The van der Waals surface area contributed by atoms with Gasteiger partial charge in [0.15, 0.2) is 0 Å². The molecule has 40 heavy (non-hydrogen) atoms. The number of nitrogens with zero attached hydrogens (tertiary/aromatic N) is 1. The summed E-state index contributed by atoms with van der Waals surface area (Å²) >= 11 is 6.60. The maximum absolute atomic E-state index is 13.9. The monoisotopic (exact) mass is 594 g/mol. The molecule has 6 N–H and O–H groups in total. The lowest BCUT2D eigenvalue weighted by atomic mass is 9.92. The van der Waals surface area contributed by atoms with E-state index in [1.54, 1.807) is 69.0 Å². The molecular formula is C29H40ClFN4O4S. The SMILES string of the molecule is CCN(C/C(=C(/SO)c1ccc(Cl)cc1)C(C)(C)N)C(=O)C(COCc1ccc(F)cc1)NC(=O)C(C)(N)CC. The number of carbonyl (C=O) groups is 2. The highest BCUT2D eigenvalue weighted by molar-refractivity contribution is 8.03. The normalized spacial score (nSPS) is 14.7. The molecule has 2 rings (SSSR count). The van der Waals surface area contributed by atoms with Crippen molar-refractivity contribution in [2.75, 3.05) is 19.7 Å². The van der Waals surface area contributed by atoms with Crippen LogP contribution in [0.1, 0.15) is 52.2 Å². The van der Waals surface area contributed by atoms with Gasteiger partial charge in [0.1, 0.15) is 11.9 Å². The topological polar surface area (TPSA) is 131 Å². The van der Waals surface area contributed by atoms with E-state index >= 15 is 0 Å². The van der Waals surface area contributed by atoms with Crippen LogP contribution in [0.5, 0.6) is 0 Å². The van der Waals surface area contributed by atoms with Crippen LogP contribution >= 0.6 is 23.6 Å². The summed E-state index contributed by atoms with van der Waals surface area (Å²) in [6.07, 6.45) is 0.361. The van der Waals surface area contributed by atoms with Gasteiger partial charge in [-0.3, -0.25) is 9.59 Å². The molecule has 0 fully saturated rings. The highest BCUT2D eigenvalue weighted by Crippen LogP contribution is 2.34. The number of hydrogen-bond donors (Lipinski definition) is 4. The van der Waals surface area contributed by atoms with Crippen molar-refractivity contribution in [2.45, 2.75) is 64.8 Å². The van der Waals surface area contributed by atoms with E-state index in [0.29, 0.717) is 51.6 Å². The minimum atomic E-state index is -1.19. The molecule has 8 nitrogen and oxygen atoms in total. The number of ether oxygens (including phenoxy) is 1. The summed E-state index contributed by atoms with van der Waals surface area (Å²) < 4.78 is 29.3. The number of hydrogen-bond acceptors (Lipinski definition) is 7. The van der Waals surface area contributed by atoms with Gasteiger partial charge in [-0.2, -0.15) is 0 Å². The summed E-state index contributed by atoms with van der Waals surface area (Å²) in [6.45, 7) is 9.12. The molecule has 0 saturated carbocycles. The van der Waals surface area contributed by atoms with Gasteiger partial charge >= 0.3 is 0 Å². The van der Waals surface area contributed by atoms with Crippen LogP contribution in [0.2, 0.25) is 5.02 Å². The molecule has 11 heteroatoms. The Balaban J connectivity index is 2.38. The number of nitrogens with one attached hydrogen (secondary N) is 1. The fourth-order valence-corrected chi connectivity index (χ4v) is 4.55. The van der Waals surface area contributed by atoms with Crippen LogP contribution in [0, 0.1) is 5.82 Å². The van der Waals surface area contributed by atoms with Crippen molar-refractivity contribution < 1.29 is 23.3 Å². The molecular weight excluding hydrogens is 555 g/mol. The number of carbonyl (C=O) groups excluding carboxylic acids is 2. The predicted octanol–water partition coefficient (Wildman–Crippen LogP) is 4.81. The Morgan fingerprint density at radius 3 is 2.20 bits per heavy atom. The van der Waals surface area contributed by atoms with E-state index in [4.69, 9.17) is 27.8 Å². The smallest absolute Gasteiger partial charge is 0.247 e. The second-order valence-corrected chi connectivity index (χ2v) is 11.4. The lowest BCUT2D eigenvalue weighted by molar-refractivity contribution is -0.139. The first-order valence-corrected chi connectivity index (χ1v) is 14.2. The van der Waals surface area contributed by atoms with Crippen LogP contribution in [-0.4, -0.2) is 58.1 Å². The summed E-state index contributed by atoms with van der Waals surface area (Å²) in [7, 11) is 0. The Kier molecular flexibility index (Phi) is 12.6. The molecule has 2 atom stereocenters. The third-order valence-electron chi connectivity index (χ3n) is 6.62. The van der Waals surface area contributed by atoms with E-state index in [1.165, 1.54) is 12.1 Å². The molecule has 0 aliphatic carbocycles. The number of halogens is 2. The minimum Gasteiger partial charge on any atom is -0.374 e. The van der Waals surface area contributed by atoms with Crippen molar-refractivity contribution in [2.24, 2.45) is 11.5 Å². The zero-order valence-corrected chi connectivity index (χ0v) is 25.2. The molecule has 0 aromatic heterocycles. The van der Waals surface area contributed by atoms with Crippen molar-refractivity contribution in [1.82, 2.24) is 10.2 Å². The van der Waals surface area contributed by atoms with Crippen molar-refractivity contribution in [3.8, 4) is 0 Å². The second kappa shape index (κ2) is 15.0. The molecule has 220 valence electrons. The Bertz CT molecular complexity index is 1170. The van der Waals surface area contributed by atoms with Gasteiger partial charge in [0.05, 0.1) is 18.8 Å². The van der Waals surface area contributed by atoms with Gasteiger partial charge in [0, 0.05) is 40.6 Å². The van der Waals surface area contributed by atoms with E-state index < -0.39 is 28.9 Å². The molecule has 0 aliphatic heterocycles. The summed E-state index contributed by atoms with van der Waals surface area (Å²) in [5.41, 5.74) is 12.6. The summed E-state index contributed by atoms with van der Waals surface area (Å²) in [4.78, 5) is 28.9. The third-order valence-corrected chi connectivity index (χ3v) is 7.53. The molecule has 0 spiro atoms. The van der Waals surface area contributed by atoms with Crippen molar-refractivity contribution >= 4 is 40.4 Å². The summed E-state index contributed by atoms with van der Waals surface area (Å²) in [6, 6.07) is 11.7. The van der Waals surface area contributed by atoms with Crippen molar-refractivity contribution in [3.05, 3.63) is 76.1 Å². The zero-order valence-electron chi connectivity index (χ0n) is 23.7. The minimum absolute atomic E-state index is 0.0857. The van der Waals surface area contributed by atoms with Crippen LogP contribution in [0.15, 0.2) is 54.1 Å². The molecule has 2 unspecified atom stereocenters. The zero-order chi connectivity index (χ0) is 30.1. The third kappa shape index (κ3) is 9.57. The van der Waals surface area contributed by atoms with Crippen molar-refractivity contribution in [1.29, 1.82) is 0 Å². The van der Waals surface area contributed by atoms with Gasteiger partial charge in [0.2, 0.25) is 11.8 Å². The number of likely N-dealkylation sites (N-methyl/N-ethyl adjacent to an activating group) is 1. The van der Waals surface area contributed by atoms with Gasteiger partial charge in [-0.25, -0.2) is 4.39 Å². The Morgan fingerprint density at radius 1 is 1.10 bits per heavy atom. The quantitative estimate of drug-likeness (QED) is 0.231. The maximum Gasteiger partial charge on any atom is 0.247 e. The van der Waals surface area contributed by atoms with Crippen LogP contribution in [0.25, 0.3) is 4.91 Å². The molecule has 2 amide bonds. The Hall–Kier alpha value is -2.47. The second-order valence-electron chi connectivity index (χ2n) is 10.4. The summed E-state index contributed by atoms with van der Waals surface area (Å²) in [5, 5.41) is 3.30. The van der Waals surface area contributed by atoms with E-state index in [9.17, 15) is 18.5 Å². The standard InChI is InChI=1S/C29H40ClFN4O4S/c1-6-29(5,33)27(37)34-24(18-39-17-19-8-14-22(31)15-9-19)26(36)35(7-2)16-23(28(3,4)32)25(40-38)20-10-12-21(30)13-11-20/h8-15,24,38H,6-7,16-18,32-33H2,1-5H3,(H,34,37)/b25-23-. The fourth-order valence-electron chi connectivity index (χ4n) is 3.74. The Labute approximate surface area is 245 Å². The average Bonchev–Trinajstić information content (AvgIpc) is 2.91. The first kappa shape index (κ1) is 33.7. The highest BCUT2D eigenvalue weighted by atomic mass is 35.5.